The fraction of sp³-hybridized carbons (Fsp3) is 0.227. The lowest BCUT2D eigenvalue weighted by atomic mass is 10.1. The van der Waals surface area contributed by atoms with Crippen LogP contribution in [0.1, 0.15) is 13.8 Å². The summed E-state index contributed by atoms with van der Waals surface area (Å²) in [4.78, 5) is 14.9. The fourth-order valence-corrected chi connectivity index (χ4v) is 4.24. The number of anilines is 3. The van der Waals surface area contributed by atoms with Gasteiger partial charge in [-0.2, -0.15) is 0 Å². The fourth-order valence-electron chi connectivity index (χ4n) is 3.31. The molecule has 1 N–H and O–H groups in total. The van der Waals surface area contributed by atoms with E-state index in [9.17, 15) is 4.79 Å². The molecule has 0 saturated heterocycles. The Bertz CT molecular complexity index is 1280. The lowest BCUT2D eigenvalue weighted by Gasteiger charge is -2.20. The Kier molecular flexibility index (Phi) is 6.11. The molecule has 0 aliphatic carbocycles. The summed E-state index contributed by atoms with van der Waals surface area (Å²) in [5, 5.41) is 13.8. The van der Waals surface area contributed by atoms with Crippen LogP contribution in [-0.2, 0) is 0 Å². The van der Waals surface area contributed by atoms with Gasteiger partial charge in [-0.15, -0.1) is 10.2 Å². The van der Waals surface area contributed by atoms with E-state index in [1.807, 2.05) is 18.2 Å². The zero-order chi connectivity index (χ0) is 22.0. The van der Waals surface area contributed by atoms with Crippen LogP contribution in [0.2, 0.25) is 5.02 Å². The number of hydrogen-bond acceptors (Lipinski definition) is 8. The number of nitrogens with zero attached hydrogens (tertiary/aromatic N) is 3. The van der Waals surface area contributed by atoms with Crippen LogP contribution >= 0.6 is 22.9 Å². The number of hydrogen-bond donors (Lipinski definition) is 1. The van der Waals surface area contributed by atoms with Gasteiger partial charge in [-0.1, -0.05) is 22.9 Å². The van der Waals surface area contributed by atoms with E-state index in [4.69, 9.17) is 20.8 Å². The van der Waals surface area contributed by atoms with Gasteiger partial charge in [-0.05, 0) is 50.2 Å². The minimum atomic E-state index is -0.452. The number of aromatic nitrogens is 2. The second kappa shape index (κ2) is 8.95. The smallest absolute Gasteiger partial charge is 0.346 e. The standard InChI is InChI=1S/C22H21ClN4O3S/c1-4-27(5-2)15-8-6-13-10-16(21(28)30-19(13)12-15)20-25-26-22(31-20)24-17-11-14(23)7-9-18(17)29-3/h6-12H,4-5H2,1-3H3,(H,24,26). The maximum atomic E-state index is 12.7. The van der Waals surface area contributed by atoms with E-state index < -0.39 is 5.63 Å². The van der Waals surface area contributed by atoms with Gasteiger partial charge in [0.2, 0.25) is 5.13 Å². The van der Waals surface area contributed by atoms with Gasteiger partial charge in [0.15, 0.2) is 5.01 Å². The molecule has 2 aromatic carbocycles. The molecule has 0 unspecified atom stereocenters. The van der Waals surface area contributed by atoms with Crippen molar-refractivity contribution >= 4 is 50.4 Å². The highest BCUT2D eigenvalue weighted by molar-refractivity contribution is 7.18. The SMILES string of the molecule is CCN(CC)c1ccc2cc(-c3nnc(Nc4cc(Cl)ccc4OC)s3)c(=O)oc2c1. The van der Waals surface area contributed by atoms with Crippen molar-refractivity contribution < 1.29 is 9.15 Å². The summed E-state index contributed by atoms with van der Waals surface area (Å²) in [6.45, 7) is 5.94. The first kappa shape index (κ1) is 21.1. The number of halogens is 1. The summed E-state index contributed by atoms with van der Waals surface area (Å²) in [5.74, 6) is 0.621. The summed E-state index contributed by atoms with van der Waals surface area (Å²) in [6, 6.07) is 12.9. The molecule has 0 amide bonds. The van der Waals surface area contributed by atoms with Gasteiger partial charge >= 0.3 is 5.63 Å². The molecule has 0 fully saturated rings. The Morgan fingerprint density at radius 2 is 1.94 bits per heavy atom. The summed E-state index contributed by atoms with van der Waals surface area (Å²) in [7, 11) is 1.58. The minimum Gasteiger partial charge on any atom is -0.495 e. The molecule has 4 aromatic rings. The van der Waals surface area contributed by atoms with Crippen LogP contribution in [0.25, 0.3) is 21.5 Å². The zero-order valence-corrected chi connectivity index (χ0v) is 18.9. The molecule has 0 atom stereocenters. The average molecular weight is 457 g/mol. The van der Waals surface area contributed by atoms with E-state index in [1.54, 1.807) is 31.4 Å². The first-order valence-electron chi connectivity index (χ1n) is 9.79. The van der Waals surface area contributed by atoms with E-state index in [0.29, 0.717) is 37.7 Å². The second-order valence-corrected chi connectivity index (χ2v) is 8.14. The molecule has 2 aromatic heterocycles. The maximum Gasteiger partial charge on any atom is 0.346 e. The van der Waals surface area contributed by atoms with Crippen molar-refractivity contribution in [3.63, 3.8) is 0 Å². The Hall–Kier alpha value is -3.10. The molecule has 9 heteroatoms. The Morgan fingerprint density at radius 3 is 2.68 bits per heavy atom. The van der Waals surface area contributed by atoms with Crippen molar-refractivity contribution in [1.29, 1.82) is 0 Å². The van der Waals surface area contributed by atoms with Crippen molar-refractivity contribution in [2.24, 2.45) is 0 Å². The molecule has 7 nitrogen and oxygen atoms in total. The Morgan fingerprint density at radius 1 is 1.13 bits per heavy atom. The first-order chi connectivity index (χ1) is 15.0. The van der Waals surface area contributed by atoms with E-state index in [0.717, 1.165) is 24.2 Å². The molecule has 0 bridgehead atoms. The highest BCUT2D eigenvalue weighted by Crippen LogP contribution is 2.33. The molecule has 2 heterocycles. The number of fused-ring (bicyclic) bond motifs is 1. The van der Waals surface area contributed by atoms with E-state index in [-0.39, 0.29) is 0 Å². The highest BCUT2D eigenvalue weighted by Gasteiger charge is 2.15. The predicted molar refractivity (Wildman–Crippen MR) is 126 cm³/mol. The maximum absolute atomic E-state index is 12.7. The minimum absolute atomic E-state index is 0.367. The van der Waals surface area contributed by atoms with Crippen molar-refractivity contribution in [1.82, 2.24) is 10.2 Å². The second-order valence-electron chi connectivity index (χ2n) is 6.72. The third kappa shape index (κ3) is 4.35. The third-order valence-corrected chi connectivity index (χ3v) is 6.01. The van der Waals surface area contributed by atoms with Gasteiger partial charge in [0.1, 0.15) is 11.3 Å². The van der Waals surface area contributed by atoms with Crippen LogP contribution in [-0.4, -0.2) is 30.4 Å². The van der Waals surface area contributed by atoms with E-state index in [2.05, 4.69) is 34.3 Å². The van der Waals surface area contributed by atoms with Gasteiger partial charge < -0.3 is 19.4 Å². The molecule has 31 heavy (non-hydrogen) atoms. The molecule has 0 saturated carbocycles. The van der Waals surface area contributed by atoms with Gasteiger partial charge in [0.05, 0.1) is 18.4 Å². The topological polar surface area (TPSA) is 80.5 Å². The van der Waals surface area contributed by atoms with Crippen molar-refractivity contribution in [2.45, 2.75) is 13.8 Å². The molecule has 0 spiro atoms. The van der Waals surface area contributed by atoms with Crippen molar-refractivity contribution in [2.75, 3.05) is 30.4 Å². The van der Waals surface area contributed by atoms with Gasteiger partial charge in [-0.25, -0.2) is 4.79 Å². The molecular weight excluding hydrogens is 436 g/mol. The van der Waals surface area contributed by atoms with Crippen molar-refractivity contribution in [3.8, 4) is 16.3 Å². The van der Waals surface area contributed by atoms with Crippen LogP contribution in [0.3, 0.4) is 0 Å². The largest absolute Gasteiger partial charge is 0.495 e. The van der Waals surface area contributed by atoms with Gasteiger partial charge in [0.25, 0.3) is 0 Å². The predicted octanol–water partition coefficient (Wildman–Crippen LogP) is 5.56. The number of rotatable bonds is 7. The van der Waals surface area contributed by atoms with Crippen LogP contribution in [0.5, 0.6) is 5.75 Å². The number of benzene rings is 2. The number of methoxy groups -OCH3 is 1. The molecular formula is C22H21ClN4O3S. The van der Waals surface area contributed by atoms with Crippen molar-refractivity contribution in [3.05, 3.63) is 57.9 Å². The lowest BCUT2D eigenvalue weighted by molar-refractivity contribution is 0.417. The quantitative estimate of drug-likeness (QED) is 0.364. The van der Waals surface area contributed by atoms with Crippen LogP contribution in [0.4, 0.5) is 16.5 Å². The highest BCUT2D eigenvalue weighted by atomic mass is 35.5. The molecule has 160 valence electrons. The molecule has 0 radical (unpaired) electrons. The number of ether oxygens (including phenoxy) is 1. The van der Waals surface area contributed by atoms with Gasteiger partial charge in [0, 0.05) is 35.3 Å². The summed E-state index contributed by atoms with van der Waals surface area (Å²) < 4.78 is 10.9. The van der Waals surface area contributed by atoms with E-state index in [1.165, 1.54) is 11.3 Å². The Balaban J connectivity index is 1.66. The normalized spacial score (nSPS) is 11.0. The lowest BCUT2D eigenvalue weighted by Crippen LogP contribution is -2.21. The molecule has 0 aliphatic heterocycles. The Labute approximate surface area is 188 Å². The summed E-state index contributed by atoms with van der Waals surface area (Å²) in [6.07, 6.45) is 0. The number of nitrogens with one attached hydrogen (secondary N) is 1. The summed E-state index contributed by atoms with van der Waals surface area (Å²) >= 11 is 7.33. The third-order valence-electron chi connectivity index (χ3n) is 4.91. The van der Waals surface area contributed by atoms with Crippen LogP contribution in [0, 0.1) is 0 Å². The van der Waals surface area contributed by atoms with Gasteiger partial charge in [-0.3, -0.25) is 0 Å². The van der Waals surface area contributed by atoms with Crippen LogP contribution in [0.15, 0.2) is 51.7 Å². The molecule has 0 aliphatic rings. The monoisotopic (exact) mass is 456 g/mol. The average Bonchev–Trinajstić information content (AvgIpc) is 3.22. The molecule has 4 rings (SSSR count). The first-order valence-corrected chi connectivity index (χ1v) is 11.0. The van der Waals surface area contributed by atoms with Crippen LogP contribution < -0.4 is 20.6 Å². The zero-order valence-electron chi connectivity index (χ0n) is 17.3. The van der Waals surface area contributed by atoms with E-state index >= 15 is 0 Å². The summed E-state index contributed by atoms with van der Waals surface area (Å²) in [5.41, 5.74) is 2.14.